The Labute approximate surface area is 113 Å². The first-order valence-corrected chi connectivity index (χ1v) is 6.23. The maximum Gasteiger partial charge on any atom is 0.322 e. The Morgan fingerprint density at radius 2 is 2.32 bits per heavy atom. The van der Waals surface area contributed by atoms with Crippen LogP contribution < -0.4 is 5.32 Å². The fraction of sp³-hybridized carbons (Fsp3) is 0.250. The highest BCUT2D eigenvalue weighted by molar-refractivity contribution is 7.14. The zero-order valence-electron chi connectivity index (χ0n) is 10.4. The van der Waals surface area contributed by atoms with E-state index in [4.69, 9.17) is 9.52 Å². The minimum Gasteiger partial charge on any atom is -0.408 e. The van der Waals surface area contributed by atoms with Gasteiger partial charge in [-0.25, -0.2) is 0 Å². The number of amides is 1. The number of aryl methyl sites for hydroxylation is 2. The minimum absolute atomic E-state index is 0.0662. The van der Waals surface area contributed by atoms with Gasteiger partial charge < -0.3 is 9.52 Å². The first-order chi connectivity index (χ1) is 9.10. The molecule has 0 saturated carbocycles. The summed E-state index contributed by atoms with van der Waals surface area (Å²) in [6.45, 7) is 3.28. The topological polar surface area (TPSA) is 88.2 Å². The van der Waals surface area contributed by atoms with Gasteiger partial charge in [0.25, 0.3) is 5.91 Å². The number of hydrogen-bond donors (Lipinski definition) is 2. The van der Waals surface area contributed by atoms with E-state index in [1.165, 1.54) is 11.3 Å². The van der Waals surface area contributed by atoms with Crippen LogP contribution in [0.3, 0.4) is 0 Å². The molecule has 0 saturated heterocycles. The summed E-state index contributed by atoms with van der Waals surface area (Å²) in [5, 5.41) is 18.5. The third-order valence-electron chi connectivity index (χ3n) is 2.17. The Hall–Kier alpha value is -2.17. The van der Waals surface area contributed by atoms with Gasteiger partial charge in [0.1, 0.15) is 6.61 Å². The van der Waals surface area contributed by atoms with Gasteiger partial charge in [-0.3, -0.25) is 10.1 Å². The summed E-state index contributed by atoms with van der Waals surface area (Å²) in [5.74, 6) is 5.40. The van der Waals surface area contributed by atoms with Crippen molar-refractivity contribution in [3.63, 3.8) is 0 Å². The van der Waals surface area contributed by atoms with Crippen LogP contribution >= 0.6 is 11.3 Å². The van der Waals surface area contributed by atoms with Crippen LogP contribution in [0.5, 0.6) is 0 Å². The number of hydrogen-bond acceptors (Lipinski definition) is 6. The molecule has 0 spiro atoms. The van der Waals surface area contributed by atoms with E-state index in [0.29, 0.717) is 10.8 Å². The summed E-state index contributed by atoms with van der Waals surface area (Å²) in [5.41, 5.74) is 0.887. The molecule has 1 amide bonds. The second kappa shape index (κ2) is 5.65. The number of carbonyl (C=O) groups is 1. The summed E-state index contributed by atoms with van der Waals surface area (Å²) in [6, 6.07) is 1.79. The molecular weight excluding hydrogens is 266 g/mol. The molecule has 2 aromatic rings. The number of nitrogens with zero attached hydrogens (tertiary/aromatic N) is 2. The van der Waals surface area contributed by atoms with Crippen molar-refractivity contribution in [3.8, 4) is 11.8 Å². The molecule has 0 unspecified atom stereocenters. The maximum absolute atomic E-state index is 11.9. The van der Waals surface area contributed by atoms with Crippen LogP contribution in [0, 0.1) is 25.7 Å². The van der Waals surface area contributed by atoms with Gasteiger partial charge in [0.15, 0.2) is 0 Å². The van der Waals surface area contributed by atoms with Crippen LogP contribution in [-0.4, -0.2) is 27.8 Å². The number of aliphatic hydroxyl groups excluding tert-OH is 1. The van der Waals surface area contributed by atoms with Crippen molar-refractivity contribution in [1.29, 1.82) is 0 Å². The fourth-order valence-corrected chi connectivity index (χ4v) is 2.29. The van der Waals surface area contributed by atoms with Gasteiger partial charge >= 0.3 is 6.01 Å². The summed E-state index contributed by atoms with van der Waals surface area (Å²) in [4.78, 5) is 13.2. The second-order valence-electron chi connectivity index (χ2n) is 3.66. The molecule has 0 aliphatic rings. The molecule has 2 aromatic heterocycles. The average molecular weight is 277 g/mol. The average Bonchev–Trinajstić information content (AvgIpc) is 2.93. The largest absolute Gasteiger partial charge is 0.408 e. The van der Waals surface area contributed by atoms with Crippen molar-refractivity contribution in [3.05, 3.63) is 27.3 Å². The third kappa shape index (κ3) is 3.19. The zero-order chi connectivity index (χ0) is 13.8. The summed E-state index contributed by atoms with van der Waals surface area (Å²) in [7, 11) is 0. The van der Waals surface area contributed by atoms with E-state index in [1.54, 1.807) is 13.0 Å². The van der Waals surface area contributed by atoms with E-state index < -0.39 is 0 Å². The van der Waals surface area contributed by atoms with Crippen LogP contribution in [0.25, 0.3) is 0 Å². The minimum atomic E-state index is -0.325. The van der Waals surface area contributed by atoms with E-state index in [-0.39, 0.29) is 18.5 Å². The first-order valence-electron chi connectivity index (χ1n) is 5.41. The van der Waals surface area contributed by atoms with E-state index >= 15 is 0 Å². The molecule has 6 nitrogen and oxygen atoms in total. The lowest BCUT2D eigenvalue weighted by Crippen LogP contribution is -2.10. The third-order valence-corrected chi connectivity index (χ3v) is 3.32. The number of anilines is 1. The number of aliphatic hydroxyl groups is 1. The summed E-state index contributed by atoms with van der Waals surface area (Å²) >= 11 is 1.25. The number of carbonyl (C=O) groups excluding carboxylic acids is 1. The summed E-state index contributed by atoms with van der Waals surface area (Å²) < 4.78 is 5.07. The monoisotopic (exact) mass is 277 g/mol. The van der Waals surface area contributed by atoms with Crippen LogP contribution in [0.2, 0.25) is 0 Å². The van der Waals surface area contributed by atoms with E-state index in [1.807, 2.05) is 6.92 Å². The first kappa shape index (κ1) is 13.3. The van der Waals surface area contributed by atoms with E-state index in [0.717, 1.165) is 10.4 Å². The normalized spacial score (nSPS) is 9.84. The van der Waals surface area contributed by atoms with Crippen molar-refractivity contribution in [2.75, 3.05) is 11.9 Å². The fourth-order valence-electron chi connectivity index (χ4n) is 1.34. The van der Waals surface area contributed by atoms with Crippen molar-refractivity contribution < 1.29 is 14.3 Å². The molecule has 0 aromatic carbocycles. The zero-order valence-corrected chi connectivity index (χ0v) is 11.2. The van der Waals surface area contributed by atoms with Gasteiger partial charge in [-0.1, -0.05) is 16.9 Å². The van der Waals surface area contributed by atoms with Crippen LogP contribution in [0.15, 0.2) is 10.5 Å². The molecule has 2 heterocycles. The molecule has 0 aliphatic carbocycles. The molecule has 2 rings (SSSR count). The maximum atomic E-state index is 11.9. The van der Waals surface area contributed by atoms with Crippen LogP contribution in [0.1, 0.15) is 26.0 Å². The lowest BCUT2D eigenvalue weighted by atomic mass is 10.2. The van der Waals surface area contributed by atoms with Crippen molar-refractivity contribution in [2.45, 2.75) is 13.8 Å². The molecule has 0 fully saturated rings. The second-order valence-corrected chi connectivity index (χ2v) is 4.72. The van der Waals surface area contributed by atoms with Crippen LogP contribution in [0.4, 0.5) is 6.01 Å². The number of thiophene rings is 1. The van der Waals surface area contributed by atoms with Gasteiger partial charge in [-0.15, -0.1) is 16.4 Å². The molecule has 7 heteroatoms. The van der Waals surface area contributed by atoms with E-state index in [9.17, 15) is 4.79 Å². The lowest BCUT2D eigenvalue weighted by molar-refractivity contribution is 0.102. The predicted molar refractivity (Wildman–Crippen MR) is 70.0 cm³/mol. The van der Waals surface area contributed by atoms with Crippen molar-refractivity contribution in [1.82, 2.24) is 10.2 Å². The van der Waals surface area contributed by atoms with Gasteiger partial charge in [0.05, 0.1) is 9.75 Å². The Morgan fingerprint density at radius 3 is 2.95 bits per heavy atom. The molecular formula is C12H11N3O3S. The molecule has 0 aliphatic heterocycles. The molecule has 0 atom stereocenters. The van der Waals surface area contributed by atoms with Gasteiger partial charge in [-0.05, 0) is 18.6 Å². The quantitative estimate of drug-likeness (QED) is 0.809. The van der Waals surface area contributed by atoms with Crippen molar-refractivity contribution >= 4 is 23.3 Å². The SMILES string of the molecule is Cc1nnc(NC(=O)c2cc(C)c(C#CCO)s2)o1. The Balaban J connectivity index is 2.15. The Kier molecular flexibility index (Phi) is 3.94. The highest BCUT2D eigenvalue weighted by Gasteiger charge is 2.14. The van der Waals surface area contributed by atoms with Crippen LogP contribution in [-0.2, 0) is 0 Å². The number of rotatable bonds is 2. The molecule has 0 radical (unpaired) electrons. The molecule has 19 heavy (non-hydrogen) atoms. The van der Waals surface area contributed by atoms with Gasteiger partial charge in [0.2, 0.25) is 5.89 Å². The van der Waals surface area contributed by atoms with Gasteiger partial charge in [-0.2, -0.15) is 0 Å². The molecule has 0 bridgehead atoms. The highest BCUT2D eigenvalue weighted by atomic mass is 32.1. The van der Waals surface area contributed by atoms with Crippen molar-refractivity contribution in [2.24, 2.45) is 0 Å². The number of aromatic nitrogens is 2. The smallest absolute Gasteiger partial charge is 0.322 e. The molecule has 2 N–H and O–H groups in total. The standard InChI is InChI=1S/C12H11N3O3S/c1-7-6-10(19-9(7)4-3-5-16)11(17)13-12-15-14-8(2)18-12/h6,16H,5H2,1-2H3,(H,13,15,17). The number of nitrogens with one attached hydrogen (secondary N) is 1. The molecule has 98 valence electrons. The van der Waals surface area contributed by atoms with E-state index in [2.05, 4.69) is 27.4 Å². The Bertz CT molecular complexity index is 663. The highest BCUT2D eigenvalue weighted by Crippen LogP contribution is 2.21. The van der Waals surface area contributed by atoms with Gasteiger partial charge in [0, 0.05) is 6.92 Å². The Morgan fingerprint density at radius 1 is 1.53 bits per heavy atom. The predicted octanol–water partition coefficient (Wildman–Crippen LogP) is 1.34. The summed E-state index contributed by atoms with van der Waals surface area (Å²) in [6.07, 6.45) is 0. The lowest BCUT2D eigenvalue weighted by Gasteiger charge is -1.95.